The van der Waals surface area contributed by atoms with Gasteiger partial charge in [0.05, 0.1) is 36.0 Å². The molecule has 3 aromatic rings. The van der Waals surface area contributed by atoms with Gasteiger partial charge in [-0.15, -0.1) is 0 Å². The molecule has 4 N–H and O–H groups in total. The number of nitrogens with zero attached hydrogens (tertiary/aromatic N) is 3. The van der Waals surface area contributed by atoms with Crippen molar-refractivity contribution >= 4 is 34.5 Å². The molecule has 1 aromatic heterocycles. The predicted octanol–water partition coefficient (Wildman–Crippen LogP) is 3.34. The number of benzene rings is 2. The van der Waals surface area contributed by atoms with Crippen molar-refractivity contribution in [1.82, 2.24) is 14.8 Å². The minimum absolute atomic E-state index is 0.00653. The van der Waals surface area contributed by atoms with Gasteiger partial charge in [0.25, 0.3) is 5.91 Å². The summed E-state index contributed by atoms with van der Waals surface area (Å²) < 4.78 is 5.16. The van der Waals surface area contributed by atoms with Crippen LogP contribution in [0.1, 0.15) is 29.3 Å². The molecule has 1 aliphatic heterocycles. The highest BCUT2D eigenvalue weighted by atomic mass is 35.5. The van der Waals surface area contributed by atoms with Gasteiger partial charge in [-0.05, 0) is 42.8 Å². The fraction of sp³-hybridized carbons (Fsp3) is 0.320. The quantitative estimate of drug-likeness (QED) is 0.492. The van der Waals surface area contributed by atoms with Crippen LogP contribution < -0.4 is 5.73 Å². The van der Waals surface area contributed by atoms with Gasteiger partial charge in [0.2, 0.25) is 0 Å². The van der Waals surface area contributed by atoms with E-state index in [4.69, 9.17) is 22.1 Å². The Bertz CT molecular complexity index is 1270. The molecule has 10 heteroatoms. The summed E-state index contributed by atoms with van der Waals surface area (Å²) in [5, 5.41) is 20.5. The largest absolute Gasteiger partial charge is 0.508 e. The molecule has 1 aliphatic rings. The van der Waals surface area contributed by atoms with Crippen molar-refractivity contribution in [2.75, 3.05) is 26.2 Å². The molecule has 9 nitrogen and oxygen atoms in total. The number of pyridine rings is 1. The lowest BCUT2D eigenvalue weighted by Gasteiger charge is -2.38. The highest BCUT2D eigenvalue weighted by Gasteiger charge is 2.31. The number of carbonyl (C=O) groups excluding carboxylic acids is 2. The second kappa shape index (κ2) is 10.5. The molecule has 0 bridgehead atoms. The van der Waals surface area contributed by atoms with Crippen molar-refractivity contribution in [3.8, 4) is 17.0 Å². The Balaban J connectivity index is 1.57. The summed E-state index contributed by atoms with van der Waals surface area (Å²) in [6, 6.07) is 11.6. The second-order valence-corrected chi connectivity index (χ2v) is 8.76. The third-order valence-electron chi connectivity index (χ3n) is 5.92. The summed E-state index contributed by atoms with van der Waals surface area (Å²) in [6.07, 6.45) is -0.412. The van der Waals surface area contributed by atoms with Crippen LogP contribution in [0.5, 0.6) is 5.75 Å². The number of aromatic nitrogens is 1. The number of halogens is 1. The maximum atomic E-state index is 13.2. The average Bonchev–Trinajstić information content (AvgIpc) is 2.86. The van der Waals surface area contributed by atoms with E-state index in [0.717, 1.165) is 6.42 Å². The van der Waals surface area contributed by atoms with E-state index in [1.807, 2.05) is 6.92 Å². The zero-order chi connectivity index (χ0) is 25.1. The fourth-order valence-electron chi connectivity index (χ4n) is 4.01. The summed E-state index contributed by atoms with van der Waals surface area (Å²) in [5.41, 5.74) is 8.70. The van der Waals surface area contributed by atoms with Gasteiger partial charge in [-0.1, -0.05) is 24.6 Å². The van der Waals surface area contributed by atoms with E-state index in [1.165, 1.54) is 11.0 Å². The number of rotatable bonds is 5. The Labute approximate surface area is 207 Å². The van der Waals surface area contributed by atoms with Gasteiger partial charge in [0.15, 0.2) is 0 Å². The van der Waals surface area contributed by atoms with Crippen LogP contribution in [0.25, 0.3) is 22.2 Å². The molecule has 0 spiro atoms. The smallest absolute Gasteiger partial charge is 0.411 e. The van der Waals surface area contributed by atoms with E-state index in [1.54, 1.807) is 41.3 Å². The van der Waals surface area contributed by atoms with Crippen molar-refractivity contribution in [3.63, 3.8) is 0 Å². The lowest BCUT2D eigenvalue weighted by molar-refractivity contribution is 0.0390. The maximum Gasteiger partial charge on any atom is 0.411 e. The van der Waals surface area contributed by atoms with E-state index < -0.39 is 12.3 Å². The number of aliphatic hydroxyl groups is 1. The van der Waals surface area contributed by atoms with E-state index >= 15 is 0 Å². The van der Waals surface area contributed by atoms with Crippen molar-refractivity contribution in [1.29, 1.82) is 0 Å². The fourth-order valence-corrected chi connectivity index (χ4v) is 4.28. The van der Waals surface area contributed by atoms with Crippen LogP contribution in [0.3, 0.4) is 0 Å². The lowest BCUT2D eigenvalue weighted by atomic mass is 10.0. The van der Waals surface area contributed by atoms with Crippen LogP contribution in [-0.4, -0.2) is 69.4 Å². The third kappa shape index (κ3) is 5.17. The first kappa shape index (κ1) is 24.7. The van der Waals surface area contributed by atoms with Gasteiger partial charge in [0, 0.05) is 35.2 Å². The zero-order valence-electron chi connectivity index (χ0n) is 19.3. The second-order valence-electron chi connectivity index (χ2n) is 8.35. The SMILES string of the molecule is CCCOC(=O)N1CCN(C(=O)c2ccc3c(Cl)cc(-c4ccc(O)c(CO)c4)nc3c2)CC1N. The van der Waals surface area contributed by atoms with E-state index in [-0.39, 0.29) is 31.4 Å². The number of hydrogen-bond acceptors (Lipinski definition) is 7. The zero-order valence-corrected chi connectivity index (χ0v) is 20.0. The minimum Gasteiger partial charge on any atom is -0.508 e. The standard InChI is InChI=1S/C25H27ClN4O5/c1-2-9-35-25(34)30-8-7-29(13-23(30)27)24(33)16-3-5-18-19(26)12-20(28-21(18)11-16)15-4-6-22(32)17(10-15)14-31/h3-6,10-12,23,31-32H,2,7-9,13-14,27H2,1H3. The maximum absolute atomic E-state index is 13.2. The van der Waals surface area contributed by atoms with Gasteiger partial charge >= 0.3 is 6.09 Å². The third-order valence-corrected chi connectivity index (χ3v) is 6.23. The van der Waals surface area contributed by atoms with Crippen LogP contribution in [-0.2, 0) is 11.3 Å². The molecule has 2 heterocycles. The van der Waals surface area contributed by atoms with Gasteiger partial charge in [-0.2, -0.15) is 0 Å². The van der Waals surface area contributed by atoms with Crippen molar-refractivity contribution in [2.45, 2.75) is 26.1 Å². The number of amides is 2. The van der Waals surface area contributed by atoms with E-state index in [9.17, 15) is 19.8 Å². The molecule has 2 amide bonds. The number of aliphatic hydroxyl groups excluding tert-OH is 1. The van der Waals surface area contributed by atoms with Crippen molar-refractivity contribution in [3.05, 3.63) is 58.6 Å². The van der Waals surface area contributed by atoms with Crippen LogP contribution in [0, 0.1) is 0 Å². The topological polar surface area (TPSA) is 129 Å². The molecule has 35 heavy (non-hydrogen) atoms. The molecule has 2 aromatic carbocycles. The van der Waals surface area contributed by atoms with E-state index in [2.05, 4.69) is 4.98 Å². The number of ether oxygens (including phenoxy) is 1. The number of aromatic hydroxyl groups is 1. The van der Waals surface area contributed by atoms with Crippen LogP contribution in [0.2, 0.25) is 5.02 Å². The van der Waals surface area contributed by atoms with Crippen molar-refractivity contribution in [2.24, 2.45) is 5.73 Å². The normalized spacial score (nSPS) is 15.9. The van der Waals surface area contributed by atoms with Gasteiger partial charge < -0.3 is 25.6 Å². The minimum atomic E-state index is -0.660. The van der Waals surface area contributed by atoms with Gasteiger partial charge in [-0.3, -0.25) is 9.69 Å². The first-order chi connectivity index (χ1) is 16.8. The molecule has 4 rings (SSSR count). The Hall–Kier alpha value is -3.40. The van der Waals surface area contributed by atoms with Gasteiger partial charge in [-0.25, -0.2) is 9.78 Å². The molecular weight excluding hydrogens is 472 g/mol. The lowest BCUT2D eigenvalue weighted by Crippen LogP contribution is -2.60. The molecule has 1 fully saturated rings. The highest BCUT2D eigenvalue weighted by molar-refractivity contribution is 6.35. The molecule has 0 saturated carbocycles. The van der Waals surface area contributed by atoms with Crippen molar-refractivity contribution < 1.29 is 24.5 Å². The summed E-state index contributed by atoms with van der Waals surface area (Å²) >= 11 is 6.50. The summed E-state index contributed by atoms with van der Waals surface area (Å²) in [6.45, 7) is 2.72. The number of phenols is 1. The Morgan fingerprint density at radius 1 is 1.20 bits per heavy atom. The Morgan fingerprint density at radius 2 is 2.00 bits per heavy atom. The number of fused-ring (bicyclic) bond motifs is 1. The molecular formula is C25H27ClN4O5. The Morgan fingerprint density at radius 3 is 2.71 bits per heavy atom. The summed E-state index contributed by atoms with van der Waals surface area (Å²) in [5.74, 6) is -0.229. The number of hydrogen-bond donors (Lipinski definition) is 3. The molecule has 1 unspecified atom stereocenters. The van der Waals surface area contributed by atoms with Gasteiger partial charge in [0.1, 0.15) is 11.9 Å². The number of piperazine rings is 1. The predicted molar refractivity (Wildman–Crippen MR) is 132 cm³/mol. The molecule has 184 valence electrons. The summed E-state index contributed by atoms with van der Waals surface area (Å²) in [4.78, 5) is 33.1. The molecule has 1 saturated heterocycles. The number of carbonyl (C=O) groups is 2. The molecule has 0 aliphatic carbocycles. The highest BCUT2D eigenvalue weighted by Crippen LogP contribution is 2.31. The molecule has 0 radical (unpaired) electrons. The van der Waals surface area contributed by atoms with Crippen LogP contribution in [0.4, 0.5) is 4.79 Å². The number of nitrogens with two attached hydrogens (primary N) is 1. The first-order valence-corrected chi connectivity index (χ1v) is 11.7. The van der Waals surface area contributed by atoms with E-state index in [0.29, 0.717) is 51.5 Å². The average molecular weight is 499 g/mol. The Kier molecular flexibility index (Phi) is 7.39. The first-order valence-electron chi connectivity index (χ1n) is 11.3. The monoisotopic (exact) mass is 498 g/mol. The molecule has 1 atom stereocenters. The summed E-state index contributed by atoms with van der Waals surface area (Å²) in [7, 11) is 0. The van der Waals surface area contributed by atoms with Crippen LogP contribution in [0.15, 0.2) is 42.5 Å². The van der Waals surface area contributed by atoms with Crippen LogP contribution >= 0.6 is 11.6 Å².